The first-order valence-electron chi connectivity index (χ1n) is 8.89. The molecule has 1 saturated heterocycles. The van der Waals surface area contributed by atoms with Gasteiger partial charge in [-0.25, -0.2) is 22.2 Å². The zero-order valence-electron chi connectivity index (χ0n) is 15.8. The van der Waals surface area contributed by atoms with E-state index in [1.807, 2.05) is 18.6 Å². The summed E-state index contributed by atoms with van der Waals surface area (Å²) < 4.78 is 69.6. The second kappa shape index (κ2) is 8.00. The van der Waals surface area contributed by atoms with Crippen molar-refractivity contribution >= 4 is 33.1 Å². The van der Waals surface area contributed by atoms with E-state index in [1.54, 1.807) is 4.90 Å². The van der Waals surface area contributed by atoms with E-state index in [9.17, 15) is 21.6 Å². The highest BCUT2D eigenvalue weighted by Crippen LogP contribution is 2.38. The number of aromatic nitrogens is 1. The van der Waals surface area contributed by atoms with Gasteiger partial charge in [0.15, 0.2) is 10.7 Å². The van der Waals surface area contributed by atoms with E-state index in [0.717, 1.165) is 31.2 Å². The Labute approximate surface area is 172 Å². The van der Waals surface area contributed by atoms with E-state index in [2.05, 4.69) is 10.3 Å². The van der Waals surface area contributed by atoms with Gasteiger partial charge in [-0.2, -0.15) is 4.39 Å². The van der Waals surface area contributed by atoms with Crippen LogP contribution in [0.4, 0.5) is 24.7 Å². The van der Waals surface area contributed by atoms with Crippen molar-refractivity contribution in [3.8, 4) is 0 Å². The predicted octanol–water partition coefficient (Wildman–Crippen LogP) is 3.53. The van der Waals surface area contributed by atoms with Gasteiger partial charge in [0.05, 0.1) is 5.69 Å². The van der Waals surface area contributed by atoms with Crippen LogP contribution in [-0.2, 0) is 10.0 Å². The number of pyridine rings is 1. The van der Waals surface area contributed by atoms with Crippen LogP contribution in [0.1, 0.15) is 20.3 Å². The molecule has 29 heavy (non-hydrogen) atoms. The van der Waals surface area contributed by atoms with Gasteiger partial charge in [-0.3, -0.25) is 4.72 Å². The Morgan fingerprint density at radius 1 is 1.31 bits per heavy atom. The maximum Gasteiger partial charge on any atom is 0.268 e. The summed E-state index contributed by atoms with van der Waals surface area (Å²) in [5.41, 5.74) is -0.175. The minimum Gasteiger partial charge on any atom is -0.368 e. The van der Waals surface area contributed by atoms with Gasteiger partial charge < -0.3 is 10.2 Å². The molecule has 1 aliphatic heterocycles. The Bertz CT molecular complexity index is 1040. The van der Waals surface area contributed by atoms with Gasteiger partial charge in [-0.15, -0.1) is 0 Å². The van der Waals surface area contributed by atoms with E-state index >= 15 is 0 Å². The van der Waals surface area contributed by atoms with Crippen LogP contribution in [0, 0.1) is 17.6 Å². The fourth-order valence-electron chi connectivity index (χ4n) is 3.43. The fraction of sp³-hybridized carbons (Fsp3) is 0.389. The number of nitrogens with zero attached hydrogens (tertiary/aromatic N) is 2. The molecule has 0 unspecified atom stereocenters. The van der Waals surface area contributed by atoms with E-state index in [-0.39, 0.29) is 11.2 Å². The first-order chi connectivity index (χ1) is 13.6. The zero-order valence-corrected chi connectivity index (χ0v) is 17.3. The summed E-state index contributed by atoms with van der Waals surface area (Å²) in [5, 5.41) is 2.82. The van der Waals surface area contributed by atoms with Crippen molar-refractivity contribution in [3.05, 3.63) is 46.9 Å². The summed E-state index contributed by atoms with van der Waals surface area (Å²) >= 11 is 6.08. The molecule has 11 heteroatoms. The molecular formula is C18H20ClF3N4O2S. The van der Waals surface area contributed by atoms with Crippen molar-refractivity contribution in [3.63, 3.8) is 0 Å². The zero-order chi connectivity index (χ0) is 21.4. The molecular weight excluding hydrogens is 429 g/mol. The fourth-order valence-corrected chi connectivity index (χ4v) is 4.90. The molecule has 6 nitrogen and oxygen atoms in total. The lowest BCUT2D eigenvalue weighted by atomic mass is 10.0. The Hall–Kier alpha value is -2.04. The van der Waals surface area contributed by atoms with Gasteiger partial charge in [-0.1, -0.05) is 24.6 Å². The van der Waals surface area contributed by atoms with Crippen molar-refractivity contribution in [1.29, 1.82) is 0 Å². The highest BCUT2D eigenvalue weighted by atomic mass is 35.5. The lowest BCUT2D eigenvalue weighted by Crippen LogP contribution is -2.44. The molecule has 0 spiro atoms. The maximum atomic E-state index is 14.9. The lowest BCUT2D eigenvalue weighted by molar-refractivity contribution is 0.402. The molecule has 0 aliphatic carbocycles. The van der Waals surface area contributed by atoms with Crippen LogP contribution in [-0.4, -0.2) is 38.6 Å². The number of benzene rings is 1. The van der Waals surface area contributed by atoms with Crippen LogP contribution < -0.4 is 14.9 Å². The normalized spacial score (nSPS) is 19.6. The second-order valence-electron chi connectivity index (χ2n) is 7.05. The van der Waals surface area contributed by atoms with Gasteiger partial charge >= 0.3 is 0 Å². The molecule has 1 aliphatic rings. The van der Waals surface area contributed by atoms with Crippen molar-refractivity contribution in [1.82, 2.24) is 10.3 Å². The Kier molecular flexibility index (Phi) is 5.98. The quantitative estimate of drug-likeness (QED) is 0.522. The largest absolute Gasteiger partial charge is 0.368 e. The smallest absolute Gasteiger partial charge is 0.268 e. The van der Waals surface area contributed by atoms with Crippen molar-refractivity contribution in [2.75, 3.05) is 29.3 Å². The van der Waals surface area contributed by atoms with E-state index in [0.29, 0.717) is 13.1 Å². The molecule has 0 saturated carbocycles. The molecule has 1 aromatic carbocycles. The number of hydrogen-bond donors (Lipinski definition) is 2. The topological polar surface area (TPSA) is 74.3 Å². The van der Waals surface area contributed by atoms with Crippen LogP contribution in [0.25, 0.3) is 0 Å². The molecule has 3 rings (SSSR count). The van der Waals surface area contributed by atoms with Gasteiger partial charge in [0, 0.05) is 24.7 Å². The van der Waals surface area contributed by atoms with Crippen molar-refractivity contribution in [2.24, 2.45) is 0 Å². The average molecular weight is 449 g/mol. The Morgan fingerprint density at radius 2 is 2.03 bits per heavy atom. The van der Waals surface area contributed by atoms with Crippen LogP contribution in [0.3, 0.4) is 0 Å². The third-order valence-corrected chi connectivity index (χ3v) is 6.49. The molecule has 2 aromatic rings. The molecule has 1 fully saturated rings. The summed E-state index contributed by atoms with van der Waals surface area (Å²) in [6.07, 6.45) is 0.729. The molecule has 0 radical (unpaired) electrons. The summed E-state index contributed by atoms with van der Waals surface area (Å²) in [6.45, 7) is 5.64. The standard InChI is InChI=1S/C18H20ClF3N4O2S/c1-3-23-18(2)7-8-26(10-18)12-9-11(20)17(16(22)15(12)19)29(27,28)25-14-6-4-5-13(21)24-14/h4-6,9,23H,3,7-8,10H2,1-2H3,(H,24,25)/t18-/m1/s1. The molecule has 0 bridgehead atoms. The molecule has 2 N–H and O–H groups in total. The van der Waals surface area contributed by atoms with Gasteiger partial charge in [-0.05, 0) is 32.0 Å². The Balaban J connectivity index is 1.95. The number of rotatable bonds is 6. The van der Waals surface area contributed by atoms with Crippen molar-refractivity contribution < 1.29 is 21.6 Å². The summed E-state index contributed by atoms with van der Waals surface area (Å²) in [5.74, 6) is -4.08. The van der Waals surface area contributed by atoms with E-state index in [1.165, 1.54) is 6.07 Å². The number of halogens is 4. The van der Waals surface area contributed by atoms with Gasteiger partial charge in [0.2, 0.25) is 5.95 Å². The van der Waals surface area contributed by atoms with Crippen LogP contribution >= 0.6 is 11.6 Å². The second-order valence-corrected chi connectivity index (χ2v) is 9.05. The van der Waals surface area contributed by atoms with Crippen molar-refractivity contribution in [2.45, 2.75) is 30.7 Å². The number of hydrogen-bond acceptors (Lipinski definition) is 5. The SMILES string of the molecule is CCN[C@]1(C)CCN(c2cc(F)c(S(=O)(=O)Nc3cccc(F)n3)c(F)c2Cl)C1. The average Bonchev–Trinajstić information content (AvgIpc) is 2.99. The molecule has 2 heterocycles. The Morgan fingerprint density at radius 3 is 2.69 bits per heavy atom. The highest BCUT2D eigenvalue weighted by Gasteiger charge is 2.36. The summed E-state index contributed by atoms with van der Waals surface area (Å²) in [7, 11) is -4.73. The van der Waals surface area contributed by atoms with Crippen LogP contribution in [0.2, 0.25) is 5.02 Å². The summed E-state index contributed by atoms with van der Waals surface area (Å²) in [4.78, 5) is 3.79. The minimum atomic E-state index is -4.73. The predicted molar refractivity (Wildman–Crippen MR) is 105 cm³/mol. The number of nitrogens with one attached hydrogen (secondary N) is 2. The molecule has 1 atom stereocenters. The van der Waals surface area contributed by atoms with Gasteiger partial charge in [0.1, 0.15) is 16.7 Å². The lowest BCUT2D eigenvalue weighted by Gasteiger charge is -2.27. The van der Waals surface area contributed by atoms with E-state index < -0.39 is 43.3 Å². The minimum absolute atomic E-state index is 0.0751. The number of sulfonamides is 1. The first-order valence-corrected chi connectivity index (χ1v) is 10.8. The molecule has 1 aromatic heterocycles. The first kappa shape index (κ1) is 21.7. The third kappa shape index (κ3) is 4.44. The van der Waals surface area contributed by atoms with Crippen LogP contribution in [0.15, 0.2) is 29.2 Å². The van der Waals surface area contributed by atoms with Gasteiger partial charge in [0.25, 0.3) is 10.0 Å². The summed E-state index contributed by atoms with van der Waals surface area (Å²) in [6, 6.07) is 4.26. The van der Waals surface area contributed by atoms with E-state index in [4.69, 9.17) is 11.6 Å². The number of likely N-dealkylation sites (N-methyl/N-ethyl adjacent to an activating group) is 1. The number of anilines is 2. The monoisotopic (exact) mass is 448 g/mol. The maximum absolute atomic E-state index is 14.9. The molecule has 158 valence electrons. The van der Waals surface area contributed by atoms with Crippen LogP contribution in [0.5, 0.6) is 0 Å². The third-order valence-electron chi connectivity index (χ3n) is 4.74. The highest BCUT2D eigenvalue weighted by molar-refractivity contribution is 7.92. The molecule has 0 amide bonds.